The molecule has 0 unspecified atom stereocenters. The Bertz CT molecular complexity index is 1600. The third kappa shape index (κ3) is 6.78. The fourth-order valence-corrected chi connectivity index (χ4v) is 4.84. The number of hydrogen-bond acceptors (Lipinski definition) is 9. The summed E-state index contributed by atoms with van der Waals surface area (Å²) in [4.78, 5) is 22.1. The molecule has 40 heavy (non-hydrogen) atoms. The van der Waals surface area contributed by atoms with Crippen molar-refractivity contribution < 1.29 is 23.2 Å². The van der Waals surface area contributed by atoms with Crippen LogP contribution in [0.2, 0.25) is 0 Å². The lowest BCUT2D eigenvalue weighted by molar-refractivity contribution is 0.149. The van der Waals surface area contributed by atoms with Gasteiger partial charge in [-0.2, -0.15) is 0 Å². The van der Waals surface area contributed by atoms with Crippen LogP contribution >= 0.6 is 11.3 Å². The van der Waals surface area contributed by atoms with Gasteiger partial charge in [-0.3, -0.25) is 15.3 Å². The summed E-state index contributed by atoms with van der Waals surface area (Å²) in [5.74, 6) is 0.653. The number of rotatable bonds is 11. The number of carbonyl (C=O) groups is 1. The van der Waals surface area contributed by atoms with Gasteiger partial charge >= 0.3 is 6.03 Å². The van der Waals surface area contributed by atoms with Crippen LogP contribution in [0.25, 0.3) is 20.8 Å². The lowest BCUT2D eigenvalue weighted by Crippen LogP contribution is -2.19. The minimum absolute atomic E-state index is 0.0137. The van der Waals surface area contributed by atoms with E-state index in [2.05, 4.69) is 31.1 Å². The molecule has 0 saturated heterocycles. The summed E-state index contributed by atoms with van der Waals surface area (Å²) in [6.07, 6.45) is 3.46. The van der Waals surface area contributed by atoms with Gasteiger partial charge in [0.1, 0.15) is 11.5 Å². The van der Waals surface area contributed by atoms with Crippen molar-refractivity contribution in [1.82, 2.24) is 20.4 Å². The van der Waals surface area contributed by atoms with E-state index in [-0.39, 0.29) is 17.3 Å². The summed E-state index contributed by atoms with van der Waals surface area (Å²) in [6, 6.07) is 12.8. The second kappa shape index (κ2) is 12.6. The SMILES string of the molecule is CCOCCNCc1ccc(-c2cc3nccc(Oc4ccc(NC(=O)Nc5cc(C)on5)cc4F)c3s2)nc1. The van der Waals surface area contributed by atoms with E-state index in [4.69, 9.17) is 14.0 Å². The van der Waals surface area contributed by atoms with Crippen LogP contribution in [0.1, 0.15) is 18.2 Å². The van der Waals surface area contributed by atoms with Crippen molar-refractivity contribution in [2.75, 3.05) is 30.4 Å². The first-order valence-corrected chi connectivity index (χ1v) is 13.4. The molecule has 4 aromatic heterocycles. The molecule has 0 aliphatic heterocycles. The summed E-state index contributed by atoms with van der Waals surface area (Å²) in [5, 5.41) is 12.1. The van der Waals surface area contributed by atoms with Gasteiger partial charge < -0.3 is 24.6 Å². The topological polar surface area (TPSA) is 123 Å². The van der Waals surface area contributed by atoms with Crippen LogP contribution in [-0.2, 0) is 11.3 Å². The van der Waals surface area contributed by atoms with Crippen LogP contribution in [0.15, 0.2) is 65.4 Å². The number of amides is 2. The molecule has 0 radical (unpaired) electrons. The number of nitrogens with one attached hydrogen (secondary N) is 3. The van der Waals surface area contributed by atoms with E-state index < -0.39 is 11.8 Å². The van der Waals surface area contributed by atoms with Crippen LogP contribution in [0.3, 0.4) is 0 Å². The van der Waals surface area contributed by atoms with Gasteiger partial charge in [0.25, 0.3) is 0 Å². The standard InChI is InChI=1S/C28H27FN6O4S/c1-3-37-11-10-30-15-18-4-6-21(32-16-18)25-14-22-27(40-25)24(8-9-31-22)38-23-7-5-19(13-20(23)29)33-28(36)34-26-12-17(2)39-35-26/h4-9,12-14,16,30H,3,10-11,15H2,1-2H3,(H2,33,34,35,36). The van der Waals surface area contributed by atoms with Crippen LogP contribution < -0.4 is 20.7 Å². The molecule has 0 spiro atoms. The molecule has 0 aliphatic rings. The van der Waals surface area contributed by atoms with E-state index in [9.17, 15) is 9.18 Å². The van der Waals surface area contributed by atoms with Crippen LogP contribution in [-0.4, -0.2) is 40.9 Å². The van der Waals surface area contributed by atoms with Crippen molar-refractivity contribution in [2.24, 2.45) is 0 Å². The molecule has 1 aromatic carbocycles. The van der Waals surface area contributed by atoms with Gasteiger partial charge in [0, 0.05) is 56.0 Å². The van der Waals surface area contributed by atoms with Crippen LogP contribution in [0.4, 0.5) is 20.7 Å². The normalized spacial score (nSPS) is 11.1. The van der Waals surface area contributed by atoms with Crippen molar-refractivity contribution in [3.05, 3.63) is 78.1 Å². The zero-order chi connectivity index (χ0) is 27.9. The summed E-state index contributed by atoms with van der Waals surface area (Å²) in [7, 11) is 0. The number of hydrogen-bond donors (Lipinski definition) is 3. The van der Waals surface area contributed by atoms with Gasteiger partial charge in [0.05, 0.1) is 27.4 Å². The zero-order valence-electron chi connectivity index (χ0n) is 21.9. The molecule has 2 amide bonds. The highest BCUT2D eigenvalue weighted by Gasteiger charge is 2.15. The number of thiophene rings is 1. The molecular formula is C28H27FN6O4S. The summed E-state index contributed by atoms with van der Waals surface area (Å²) < 4.78 is 31.9. The highest BCUT2D eigenvalue weighted by Crippen LogP contribution is 2.39. The molecule has 0 aliphatic carbocycles. The Kier molecular flexibility index (Phi) is 8.59. The van der Waals surface area contributed by atoms with Crippen molar-refractivity contribution in [1.29, 1.82) is 0 Å². The first-order valence-electron chi connectivity index (χ1n) is 12.6. The molecule has 3 N–H and O–H groups in total. The number of benzene rings is 1. The Morgan fingerprint density at radius 2 is 1.98 bits per heavy atom. The largest absolute Gasteiger partial charge is 0.453 e. The minimum Gasteiger partial charge on any atom is -0.453 e. The monoisotopic (exact) mass is 562 g/mol. The maximum Gasteiger partial charge on any atom is 0.324 e. The molecule has 12 heteroatoms. The number of aromatic nitrogens is 3. The second-order valence-corrected chi connectivity index (χ2v) is 9.76. The van der Waals surface area contributed by atoms with E-state index in [1.807, 2.05) is 31.3 Å². The summed E-state index contributed by atoms with van der Waals surface area (Å²) in [6.45, 7) is 6.55. The number of anilines is 2. The molecular weight excluding hydrogens is 535 g/mol. The van der Waals surface area contributed by atoms with Gasteiger partial charge in [0.2, 0.25) is 0 Å². The van der Waals surface area contributed by atoms with Crippen molar-refractivity contribution in [3.63, 3.8) is 0 Å². The van der Waals surface area contributed by atoms with E-state index in [1.54, 1.807) is 31.3 Å². The quantitative estimate of drug-likeness (QED) is 0.159. The molecule has 0 fully saturated rings. The minimum atomic E-state index is -0.635. The molecule has 5 rings (SSSR count). The Labute approximate surface area is 233 Å². The second-order valence-electron chi connectivity index (χ2n) is 8.71. The lowest BCUT2D eigenvalue weighted by atomic mass is 10.2. The number of pyridine rings is 2. The predicted octanol–water partition coefficient (Wildman–Crippen LogP) is 6.36. The molecule has 10 nitrogen and oxygen atoms in total. The fraction of sp³-hybridized carbons (Fsp3) is 0.214. The van der Waals surface area contributed by atoms with Gasteiger partial charge in [-0.15, -0.1) is 11.3 Å². The van der Waals surface area contributed by atoms with Crippen LogP contribution in [0.5, 0.6) is 11.5 Å². The van der Waals surface area contributed by atoms with Gasteiger partial charge in [-0.25, -0.2) is 9.18 Å². The van der Waals surface area contributed by atoms with Crippen LogP contribution in [0, 0.1) is 12.7 Å². The molecule has 0 bridgehead atoms. The Morgan fingerprint density at radius 3 is 2.73 bits per heavy atom. The number of aryl methyl sites for hydroxylation is 1. The maximum absolute atomic E-state index is 14.9. The van der Waals surface area contributed by atoms with Gasteiger partial charge in [-0.05, 0) is 43.7 Å². The Morgan fingerprint density at radius 1 is 1.07 bits per heavy atom. The van der Waals surface area contributed by atoms with Crippen molar-refractivity contribution in [2.45, 2.75) is 20.4 Å². The highest BCUT2D eigenvalue weighted by molar-refractivity contribution is 7.22. The molecule has 0 atom stereocenters. The van der Waals surface area contributed by atoms with Gasteiger partial charge in [0.15, 0.2) is 17.4 Å². The first kappa shape index (κ1) is 27.2. The third-order valence-corrected chi connectivity index (χ3v) is 6.85. The molecule has 4 heterocycles. The number of fused-ring (bicyclic) bond motifs is 1. The van der Waals surface area contributed by atoms with Gasteiger partial charge in [-0.1, -0.05) is 11.2 Å². The molecule has 5 aromatic rings. The first-order chi connectivity index (χ1) is 19.5. The van der Waals surface area contributed by atoms with Crippen molar-refractivity contribution in [3.8, 4) is 22.1 Å². The summed E-state index contributed by atoms with van der Waals surface area (Å²) in [5.41, 5.74) is 2.86. The maximum atomic E-state index is 14.9. The summed E-state index contributed by atoms with van der Waals surface area (Å²) >= 11 is 1.47. The van der Waals surface area contributed by atoms with E-state index in [0.29, 0.717) is 31.3 Å². The Balaban J connectivity index is 1.25. The van der Waals surface area contributed by atoms with Crippen molar-refractivity contribution >= 4 is 39.1 Å². The average molecular weight is 563 g/mol. The lowest BCUT2D eigenvalue weighted by Gasteiger charge is -2.10. The zero-order valence-corrected chi connectivity index (χ0v) is 22.7. The Hall–Kier alpha value is -4.39. The fourth-order valence-electron chi connectivity index (χ4n) is 3.80. The average Bonchev–Trinajstić information content (AvgIpc) is 3.57. The number of ether oxygens (including phenoxy) is 2. The smallest absolute Gasteiger partial charge is 0.324 e. The number of nitrogens with zero attached hydrogens (tertiary/aromatic N) is 3. The van der Waals surface area contributed by atoms with E-state index >= 15 is 0 Å². The highest BCUT2D eigenvalue weighted by atomic mass is 32.1. The van der Waals surface area contributed by atoms with E-state index in [0.717, 1.165) is 32.9 Å². The number of halogens is 1. The molecule has 0 saturated carbocycles. The third-order valence-electron chi connectivity index (χ3n) is 5.69. The number of urea groups is 1. The predicted molar refractivity (Wildman–Crippen MR) is 151 cm³/mol. The van der Waals surface area contributed by atoms with E-state index in [1.165, 1.54) is 23.5 Å². The number of carbonyl (C=O) groups excluding carboxylic acids is 1. The molecule has 206 valence electrons.